The average molecular weight is 248 g/mol. The Bertz CT molecular complexity index is 516. The molecule has 1 fully saturated rings. The lowest BCUT2D eigenvalue weighted by Crippen LogP contribution is -2.26. The summed E-state index contributed by atoms with van der Waals surface area (Å²) < 4.78 is 1.82. The third kappa shape index (κ3) is 2.39. The van der Waals surface area contributed by atoms with E-state index in [4.69, 9.17) is 0 Å². The molecular weight excluding hydrogens is 232 g/mol. The molecule has 3 heterocycles. The summed E-state index contributed by atoms with van der Waals surface area (Å²) in [5.74, 6) is 3.20. The first-order valence-corrected chi connectivity index (χ1v) is 7.14. The zero-order chi connectivity index (χ0) is 11.7. The van der Waals surface area contributed by atoms with Crippen LogP contribution in [0.25, 0.3) is 5.65 Å². The van der Waals surface area contributed by atoms with Crippen LogP contribution in [0.15, 0.2) is 18.3 Å². The Labute approximate surface area is 105 Å². The Kier molecular flexibility index (Phi) is 2.93. The number of hydrogen-bond acceptors (Lipinski definition) is 4. The van der Waals surface area contributed by atoms with E-state index in [1.54, 1.807) is 0 Å². The molecule has 1 unspecified atom stereocenters. The molecule has 0 aliphatic carbocycles. The molecule has 0 bridgehead atoms. The zero-order valence-electron chi connectivity index (χ0n) is 9.89. The zero-order valence-corrected chi connectivity index (χ0v) is 10.7. The second-order valence-corrected chi connectivity index (χ2v) is 5.65. The van der Waals surface area contributed by atoms with Gasteiger partial charge in [0.25, 0.3) is 0 Å². The number of thioether (sulfide) groups is 1. The lowest BCUT2D eigenvalue weighted by atomic mass is 10.2. The monoisotopic (exact) mass is 248 g/mol. The molecule has 0 amide bonds. The first-order valence-electron chi connectivity index (χ1n) is 5.98. The lowest BCUT2D eigenvalue weighted by Gasteiger charge is -2.21. The van der Waals surface area contributed by atoms with Crippen molar-refractivity contribution in [1.29, 1.82) is 0 Å². The van der Waals surface area contributed by atoms with E-state index in [1.165, 1.54) is 24.2 Å². The van der Waals surface area contributed by atoms with Crippen molar-refractivity contribution in [2.75, 3.05) is 16.8 Å². The molecule has 17 heavy (non-hydrogen) atoms. The molecule has 0 aromatic carbocycles. The van der Waals surface area contributed by atoms with Gasteiger partial charge in [0.1, 0.15) is 0 Å². The van der Waals surface area contributed by atoms with Crippen molar-refractivity contribution >= 4 is 23.4 Å². The Morgan fingerprint density at radius 1 is 1.53 bits per heavy atom. The number of fused-ring (bicyclic) bond motifs is 1. The van der Waals surface area contributed by atoms with E-state index >= 15 is 0 Å². The predicted octanol–water partition coefficient (Wildman–Crippen LogP) is 2.35. The fraction of sp³-hybridized carbons (Fsp3) is 0.500. The number of aryl methyl sites for hydroxylation is 1. The Balaban J connectivity index is 1.80. The van der Waals surface area contributed by atoms with Crippen LogP contribution in [0.3, 0.4) is 0 Å². The normalized spacial score (nSPS) is 20.6. The second kappa shape index (κ2) is 4.56. The van der Waals surface area contributed by atoms with E-state index in [1.807, 2.05) is 34.6 Å². The number of nitrogens with one attached hydrogen (secondary N) is 1. The van der Waals surface area contributed by atoms with Gasteiger partial charge in [-0.25, -0.2) is 4.52 Å². The standard InChI is InChI=1S/C12H16N4S/c1-9-4-5-16-11(7-9)14-12(15-16)13-10-3-2-6-17-8-10/h4-5,7,10H,2-3,6,8H2,1H3,(H,13,15). The molecule has 0 radical (unpaired) electrons. The van der Waals surface area contributed by atoms with Gasteiger partial charge in [0.15, 0.2) is 5.65 Å². The maximum Gasteiger partial charge on any atom is 0.243 e. The minimum atomic E-state index is 0.521. The highest BCUT2D eigenvalue weighted by Gasteiger charge is 2.15. The Morgan fingerprint density at radius 2 is 2.47 bits per heavy atom. The Hall–Kier alpha value is -1.23. The minimum absolute atomic E-state index is 0.521. The SMILES string of the molecule is Cc1ccn2nc(NC3CCCSC3)nc2c1. The van der Waals surface area contributed by atoms with Crippen molar-refractivity contribution in [3.05, 3.63) is 23.9 Å². The molecule has 2 aromatic rings. The van der Waals surface area contributed by atoms with Gasteiger partial charge in [-0.3, -0.25) is 0 Å². The molecular formula is C12H16N4S. The van der Waals surface area contributed by atoms with E-state index in [2.05, 4.69) is 22.3 Å². The van der Waals surface area contributed by atoms with Gasteiger partial charge in [-0.1, -0.05) is 0 Å². The highest BCUT2D eigenvalue weighted by atomic mass is 32.2. The maximum absolute atomic E-state index is 4.50. The van der Waals surface area contributed by atoms with Gasteiger partial charge in [0, 0.05) is 18.0 Å². The highest BCUT2D eigenvalue weighted by Crippen LogP contribution is 2.19. The van der Waals surface area contributed by atoms with Gasteiger partial charge in [-0.05, 0) is 43.2 Å². The van der Waals surface area contributed by atoms with Gasteiger partial charge >= 0.3 is 0 Å². The van der Waals surface area contributed by atoms with E-state index < -0.39 is 0 Å². The number of pyridine rings is 1. The number of rotatable bonds is 2. The third-order valence-electron chi connectivity index (χ3n) is 2.99. The summed E-state index contributed by atoms with van der Waals surface area (Å²) in [6.07, 6.45) is 4.47. The van der Waals surface area contributed by atoms with Crippen LogP contribution in [0.1, 0.15) is 18.4 Å². The van der Waals surface area contributed by atoms with Crippen LogP contribution in [0.5, 0.6) is 0 Å². The fourth-order valence-electron chi connectivity index (χ4n) is 2.08. The minimum Gasteiger partial charge on any atom is -0.349 e. The van der Waals surface area contributed by atoms with Crippen LogP contribution in [0.2, 0.25) is 0 Å². The summed E-state index contributed by atoms with van der Waals surface area (Å²) in [6.45, 7) is 2.07. The summed E-state index contributed by atoms with van der Waals surface area (Å²) in [4.78, 5) is 4.50. The summed E-state index contributed by atoms with van der Waals surface area (Å²) >= 11 is 2.01. The number of nitrogens with zero attached hydrogens (tertiary/aromatic N) is 3. The van der Waals surface area contributed by atoms with Crippen molar-refractivity contribution in [1.82, 2.24) is 14.6 Å². The van der Waals surface area contributed by atoms with E-state index in [0.29, 0.717) is 6.04 Å². The summed E-state index contributed by atoms with van der Waals surface area (Å²) in [5.41, 5.74) is 2.13. The van der Waals surface area contributed by atoms with Crippen LogP contribution >= 0.6 is 11.8 Å². The van der Waals surface area contributed by atoms with Crippen LogP contribution < -0.4 is 5.32 Å². The molecule has 1 N–H and O–H groups in total. The van der Waals surface area contributed by atoms with Gasteiger partial charge in [-0.15, -0.1) is 5.10 Å². The summed E-state index contributed by atoms with van der Waals surface area (Å²) in [5, 5.41) is 7.86. The second-order valence-electron chi connectivity index (χ2n) is 4.50. The van der Waals surface area contributed by atoms with Gasteiger partial charge in [0.05, 0.1) is 0 Å². The average Bonchev–Trinajstić information content (AvgIpc) is 2.71. The quantitative estimate of drug-likeness (QED) is 0.886. The largest absolute Gasteiger partial charge is 0.349 e. The van der Waals surface area contributed by atoms with Crippen molar-refractivity contribution < 1.29 is 0 Å². The van der Waals surface area contributed by atoms with Gasteiger partial charge in [0.2, 0.25) is 5.95 Å². The maximum atomic E-state index is 4.50. The van der Waals surface area contributed by atoms with Crippen LogP contribution in [0, 0.1) is 6.92 Å². The molecule has 1 aliphatic heterocycles. The number of anilines is 1. The Morgan fingerprint density at radius 3 is 3.29 bits per heavy atom. The summed E-state index contributed by atoms with van der Waals surface area (Å²) in [7, 11) is 0. The first kappa shape index (κ1) is 10.9. The van der Waals surface area contributed by atoms with E-state index in [0.717, 1.165) is 17.3 Å². The molecule has 1 saturated heterocycles. The topological polar surface area (TPSA) is 42.2 Å². The molecule has 0 saturated carbocycles. The molecule has 2 aromatic heterocycles. The fourth-order valence-corrected chi connectivity index (χ4v) is 3.15. The van der Waals surface area contributed by atoms with Crippen molar-refractivity contribution in [3.8, 4) is 0 Å². The number of hydrogen-bond donors (Lipinski definition) is 1. The van der Waals surface area contributed by atoms with Gasteiger partial charge in [-0.2, -0.15) is 16.7 Å². The van der Waals surface area contributed by atoms with Gasteiger partial charge < -0.3 is 5.32 Å². The molecule has 4 nitrogen and oxygen atoms in total. The van der Waals surface area contributed by atoms with Crippen molar-refractivity contribution in [2.24, 2.45) is 0 Å². The number of aromatic nitrogens is 3. The van der Waals surface area contributed by atoms with Crippen molar-refractivity contribution in [2.45, 2.75) is 25.8 Å². The van der Waals surface area contributed by atoms with Crippen LogP contribution in [-0.4, -0.2) is 32.1 Å². The first-order chi connectivity index (χ1) is 8.31. The van der Waals surface area contributed by atoms with Crippen LogP contribution in [-0.2, 0) is 0 Å². The summed E-state index contributed by atoms with van der Waals surface area (Å²) in [6, 6.07) is 4.61. The predicted molar refractivity (Wildman–Crippen MR) is 71.7 cm³/mol. The molecule has 90 valence electrons. The molecule has 5 heteroatoms. The lowest BCUT2D eigenvalue weighted by molar-refractivity contribution is 0.678. The van der Waals surface area contributed by atoms with Crippen molar-refractivity contribution in [3.63, 3.8) is 0 Å². The third-order valence-corrected chi connectivity index (χ3v) is 4.20. The molecule has 1 atom stereocenters. The molecule has 1 aliphatic rings. The molecule has 0 spiro atoms. The smallest absolute Gasteiger partial charge is 0.243 e. The van der Waals surface area contributed by atoms with Crippen LogP contribution in [0.4, 0.5) is 5.95 Å². The molecule has 3 rings (SSSR count). The highest BCUT2D eigenvalue weighted by molar-refractivity contribution is 7.99. The van der Waals surface area contributed by atoms with E-state index in [9.17, 15) is 0 Å². The van der Waals surface area contributed by atoms with E-state index in [-0.39, 0.29) is 0 Å².